The van der Waals surface area contributed by atoms with Gasteiger partial charge >= 0.3 is 0 Å². The fourth-order valence-corrected chi connectivity index (χ4v) is 2.26. The maximum Gasteiger partial charge on any atom is 0.100 e. The lowest BCUT2D eigenvalue weighted by Crippen LogP contribution is -2.37. The normalized spacial score (nSPS) is 12.6. The topological polar surface area (TPSA) is 45.0 Å². The van der Waals surface area contributed by atoms with Crippen molar-refractivity contribution in [3.63, 3.8) is 0 Å². The summed E-state index contributed by atoms with van der Waals surface area (Å²) in [5, 5.41) is 14.1. The van der Waals surface area contributed by atoms with E-state index in [0.717, 1.165) is 25.3 Å². The predicted molar refractivity (Wildman–Crippen MR) is 71.0 cm³/mol. The van der Waals surface area contributed by atoms with Gasteiger partial charge in [-0.25, -0.2) is 0 Å². The van der Waals surface area contributed by atoms with Crippen molar-refractivity contribution in [3.8, 4) is 6.07 Å². The Kier molecular flexibility index (Phi) is 6.20. The molecular formula is C13H20N2OS. The second-order valence-corrected chi connectivity index (χ2v) is 5.30. The van der Waals surface area contributed by atoms with Crippen molar-refractivity contribution in [2.75, 3.05) is 13.2 Å². The highest BCUT2D eigenvalue weighted by Gasteiger charge is 2.13. The molecule has 1 atom stereocenters. The van der Waals surface area contributed by atoms with Crippen LogP contribution in [0.1, 0.15) is 31.2 Å². The van der Waals surface area contributed by atoms with E-state index in [9.17, 15) is 0 Å². The van der Waals surface area contributed by atoms with E-state index >= 15 is 0 Å². The average molecular weight is 252 g/mol. The molecule has 17 heavy (non-hydrogen) atoms. The molecule has 1 unspecified atom stereocenters. The largest absolute Gasteiger partial charge is 0.380 e. The molecule has 0 amide bonds. The van der Waals surface area contributed by atoms with Gasteiger partial charge in [-0.1, -0.05) is 13.8 Å². The molecule has 0 fully saturated rings. The number of thiophene rings is 1. The van der Waals surface area contributed by atoms with Crippen LogP contribution in [0.5, 0.6) is 0 Å². The van der Waals surface area contributed by atoms with Crippen LogP contribution in [0.15, 0.2) is 11.4 Å². The number of nitrogens with one attached hydrogen (secondary N) is 1. The maximum atomic E-state index is 8.75. The van der Waals surface area contributed by atoms with Gasteiger partial charge in [0.05, 0.1) is 12.2 Å². The van der Waals surface area contributed by atoms with Crippen LogP contribution in [0.25, 0.3) is 0 Å². The second-order valence-electron chi connectivity index (χ2n) is 4.30. The molecular weight excluding hydrogens is 232 g/mol. The summed E-state index contributed by atoms with van der Waals surface area (Å²) >= 11 is 1.63. The van der Waals surface area contributed by atoms with Gasteiger partial charge in [0, 0.05) is 29.5 Å². The number of rotatable bonds is 7. The van der Waals surface area contributed by atoms with Crippen molar-refractivity contribution in [1.82, 2.24) is 5.32 Å². The van der Waals surface area contributed by atoms with E-state index in [-0.39, 0.29) is 0 Å². The molecule has 1 heterocycles. The van der Waals surface area contributed by atoms with Gasteiger partial charge < -0.3 is 10.1 Å². The van der Waals surface area contributed by atoms with Crippen LogP contribution in [0, 0.1) is 17.2 Å². The number of nitriles is 1. The van der Waals surface area contributed by atoms with E-state index in [4.69, 9.17) is 10.00 Å². The number of ether oxygens (including phenoxy) is 1. The van der Waals surface area contributed by atoms with Gasteiger partial charge in [0.1, 0.15) is 6.07 Å². The predicted octanol–water partition coefficient (Wildman–Crippen LogP) is 2.77. The van der Waals surface area contributed by atoms with Gasteiger partial charge in [-0.05, 0) is 18.9 Å². The summed E-state index contributed by atoms with van der Waals surface area (Å²) in [6, 6.07) is 4.45. The summed E-state index contributed by atoms with van der Waals surface area (Å²) in [4.78, 5) is 1.20. The highest BCUT2D eigenvalue weighted by Crippen LogP contribution is 2.14. The van der Waals surface area contributed by atoms with Gasteiger partial charge in [0.25, 0.3) is 0 Å². The van der Waals surface area contributed by atoms with Crippen LogP contribution in [-0.4, -0.2) is 19.3 Å². The highest BCUT2D eigenvalue weighted by atomic mass is 32.1. The van der Waals surface area contributed by atoms with Crippen LogP contribution in [0.4, 0.5) is 0 Å². The van der Waals surface area contributed by atoms with E-state index in [2.05, 4.69) is 25.2 Å². The monoisotopic (exact) mass is 252 g/mol. The lowest BCUT2D eigenvalue weighted by Gasteiger charge is -2.21. The highest BCUT2D eigenvalue weighted by molar-refractivity contribution is 7.10. The fraction of sp³-hybridized carbons (Fsp3) is 0.615. The minimum Gasteiger partial charge on any atom is -0.380 e. The zero-order valence-corrected chi connectivity index (χ0v) is 11.5. The summed E-state index contributed by atoms with van der Waals surface area (Å²) in [5.74, 6) is 0.539. The van der Waals surface area contributed by atoms with E-state index in [1.54, 1.807) is 11.3 Å². The standard InChI is InChI=1S/C13H20N2OS/c1-4-16-8-13(10(2)3)15-7-12-5-11(6-14)9-17-12/h5,9-10,13,15H,4,7-8H2,1-3H3. The maximum absolute atomic E-state index is 8.75. The molecule has 1 aromatic heterocycles. The molecule has 0 aliphatic carbocycles. The number of hydrogen-bond donors (Lipinski definition) is 1. The molecule has 0 spiro atoms. The zero-order chi connectivity index (χ0) is 12.7. The first kappa shape index (κ1) is 14.2. The smallest absolute Gasteiger partial charge is 0.100 e. The summed E-state index contributed by atoms with van der Waals surface area (Å²) in [7, 11) is 0. The van der Waals surface area contributed by atoms with Gasteiger partial charge in [-0.2, -0.15) is 5.26 Å². The van der Waals surface area contributed by atoms with Crippen LogP contribution < -0.4 is 5.32 Å². The van der Waals surface area contributed by atoms with Crippen LogP contribution in [0.2, 0.25) is 0 Å². The lowest BCUT2D eigenvalue weighted by atomic mass is 10.1. The van der Waals surface area contributed by atoms with E-state index in [1.165, 1.54) is 4.88 Å². The Balaban J connectivity index is 2.43. The van der Waals surface area contributed by atoms with Gasteiger partial charge in [0.2, 0.25) is 0 Å². The summed E-state index contributed by atoms with van der Waals surface area (Å²) in [5.41, 5.74) is 0.748. The first-order valence-corrected chi connectivity index (χ1v) is 6.84. The van der Waals surface area contributed by atoms with Crippen molar-refractivity contribution in [3.05, 3.63) is 21.9 Å². The molecule has 1 aromatic rings. The third kappa shape index (κ3) is 4.86. The number of nitrogens with zero attached hydrogens (tertiary/aromatic N) is 1. The molecule has 0 saturated heterocycles. The third-order valence-electron chi connectivity index (χ3n) is 2.63. The molecule has 0 aromatic carbocycles. The third-order valence-corrected chi connectivity index (χ3v) is 3.56. The summed E-state index contributed by atoms with van der Waals surface area (Å²) < 4.78 is 5.46. The zero-order valence-electron chi connectivity index (χ0n) is 10.7. The van der Waals surface area contributed by atoms with Crippen molar-refractivity contribution in [2.24, 2.45) is 5.92 Å². The van der Waals surface area contributed by atoms with Gasteiger partial charge in [-0.15, -0.1) is 11.3 Å². The molecule has 0 aliphatic heterocycles. The van der Waals surface area contributed by atoms with Gasteiger partial charge in [-0.3, -0.25) is 0 Å². The quantitative estimate of drug-likeness (QED) is 0.811. The molecule has 94 valence electrons. The number of hydrogen-bond acceptors (Lipinski definition) is 4. The Labute approximate surface area is 107 Å². The van der Waals surface area contributed by atoms with Crippen LogP contribution in [-0.2, 0) is 11.3 Å². The molecule has 0 bridgehead atoms. The van der Waals surface area contributed by atoms with E-state index in [0.29, 0.717) is 12.0 Å². The van der Waals surface area contributed by atoms with Gasteiger partial charge in [0.15, 0.2) is 0 Å². The van der Waals surface area contributed by atoms with Crippen molar-refractivity contribution in [1.29, 1.82) is 5.26 Å². The summed E-state index contributed by atoms with van der Waals surface area (Å²) in [6.45, 7) is 8.68. The fourth-order valence-electron chi connectivity index (χ4n) is 1.50. The van der Waals surface area contributed by atoms with Crippen molar-refractivity contribution >= 4 is 11.3 Å². The Morgan fingerprint density at radius 3 is 2.82 bits per heavy atom. The Hall–Kier alpha value is -0.890. The average Bonchev–Trinajstić information content (AvgIpc) is 2.76. The lowest BCUT2D eigenvalue weighted by molar-refractivity contribution is 0.108. The molecule has 0 radical (unpaired) electrons. The molecule has 3 nitrogen and oxygen atoms in total. The molecule has 1 rings (SSSR count). The first-order valence-electron chi connectivity index (χ1n) is 5.96. The van der Waals surface area contributed by atoms with Crippen LogP contribution >= 0.6 is 11.3 Å². The first-order chi connectivity index (χ1) is 8.17. The Morgan fingerprint density at radius 1 is 1.53 bits per heavy atom. The van der Waals surface area contributed by atoms with Crippen molar-refractivity contribution in [2.45, 2.75) is 33.4 Å². The Bertz CT molecular complexity index is 368. The van der Waals surface area contributed by atoms with E-state index in [1.807, 2.05) is 18.4 Å². The van der Waals surface area contributed by atoms with Crippen LogP contribution in [0.3, 0.4) is 0 Å². The SMILES string of the molecule is CCOCC(NCc1cc(C#N)cs1)C(C)C. The Morgan fingerprint density at radius 2 is 2.29 bits per heavy atom. The molecule has 1 N–H and O–H groups in total. The minimum absolute atomic E-state index is 0.364. The molecule has 0 saturated carbocycles. The molecule has 4 heteroatoms. The minimum atomic E-state index is 0.364. The van der Waals surface area contributed by atoms with E-state index < -0.39 is 0 Å². The summed E-state index contributed by atoms with van der Waals surface area (Å²) in [6.07, 6.45) is 0. The molecule has 0 aliphatic rings. The second kappa shape index (κ2) is 7.44. The van der Waals surface area contributed by atoms with Crippen molar-refractivity contribution < 1.29 is 4.74 Å².